The van der Waals surface area contributed by atoms with E-state index in [0.29, 0.717) is 0 Å². The molecule has 2 fully saturated rings. The van der Waals surface area contributed by atoms with Crippen molar-refractivity contribution in [1.82, 2.24) is 10.1 Å². The summed E-state index contributed by atoms with van der Waals surface area (Å²) in [5, 5.41) is 12.4. The number of hydrogen-bond donors (Lipinski definition) is 1. The van der Waals surface area contributed by atoms with Crippen LogP contribution in [0.15, 0.2) is 16.8 Å². The molecule has 3 rings (SSSR count). The van der Waals surface area contributed by atoms with E-state index in [1.54, 1.807) is 6.07 Å². The van der Waals surface area contributed by atoms with Crippen molar-refractivity contribution in [3.63, 3.8) is 0 Å². The third-order valence-corrected chi connectivity index (χ3v) is 4.18. The lowest BCUT2D eigenvalue weighted by molar-refractivity contribution is -0.138. The number of hydrogen-bond acceptors (Lipinski definition) is 4. The van der Waals surface area contributed by atoms with Gasteiger partial charge in [0.2, 0.25) is 5.76 Å². The van der Waals surface area contributed by atoms with E-state index in [9.17, 15) is 9.59 Å². The zero-order chi connectivity index (χ0) is 13.4. The number of carboxylic acids is 1. The minimum absolute atomic E-state index is 0.112. The van der Waals surface area contributed by atoms with E-state index in [0.717, 1.165) is 25.7 Å². The normalized spacial score (nSPS) is 29.5. The van der Waals surface area contributed by atoms with Crippen molar-refractivity contribution in [3.05, 3.63) is 18.0 Å². The molecule has 102 valence electrons. The molecule has 2 saturated heterocycles. The van der Waals surface area contributed by atoms with E-state index in [4.69, 9.17) is 9.63 Å². The molecule has 0 saturated carbocycles. The van der Waals surface area contributed by atoms with Crippen molar-refractivity contribution in [2.75, 3.05) is 0 Å². The third kappa shape index (κ3) is 2.22. The monoisotopic (exact) mass is 264 g/mol. The summed E-state index contributed by atoms with van der Waals surface area (Å²) in [7, 11) is 0. The van der Waals surface area contributed by atoms with Crippen LogP contribution in [0, 0.1) is 5.92 Å². The molecule has 3 heterocycles. The Morgan fingerprint density at radius 3 is 2.58 bits per heavy atom. The van der Waals surface area contributed by atoms with Crippen LogP contribution in [-0.2, 0) is 4.79 Å². The molecule has 0 aliphatic carbocycles. The highest BCUT2D eigenvalue weighted by molar-refractivity contribution is 5.92. The number of fused-ring (bicyclic) bond motifs is 2. The van der Waals surface area contributed by atoms with Gasteiger partial charge in [-0.25, -0.2) is 0 Å². The van der Waals surface area contributed by atoms with Gasteiger partial charge < -0.3 is 14.5 Å². The molecule has 19 heavy (non-hydrogen) atoms. The van der Waals surface area contributed by atoms with Gasteiger partial charge in [-0.15, -0.1) is 0 Å². The number of aliphatic carboxylic acids is 1. The fraction of sp³-hybridized carbons (Fsp3) is 0.615. The molecular weight excluding hydrogens is 248 g/mol. The second kappa shape index (κ2) is 4.68. The van der Waals surface area contributed by atoms with Crippen molar-refractivity contribution < 1.29 is 19.2 Å². The highest BCUT2D eigenvalue weighted by Crippen LogP contribution is 2.40. The second-order valence-electron chi connectivity index (χ2n) is 5.41. The molecule has 0 radical (unpaired) electrons. The van der Waals surface area contributed by atoms with Gasteiger partial charge in [0.15, 0.2) is 0 Å². The Morgan fingerprint density at radius 2 is 2.05 bits per heavy atom. The summed E-state index contributed by atoms with van der Waals surface area (Å²) in [6, 6.07) is 1.88. The first-order valence-corrected chi connectivity index (χ1v) is 6.60. The lowest BCUT2D eigenvalue weighted by Gasteiger charge is -2.38. The number of piperidine rings is 1. The highest BCUT2D eigenvalue weighted by Gasteiger charge is 2.44. The molecular formula is C13H16N2O4. The Morgan fingerprint density at radius 1 is 1.37 bits per heavy atom. The van der Waals surface area contributed by atoms with Gasteiger partial charge in [0.1, 0.15) is 0 Å². The predicted molar refractivity (Wildman–Crippen MR) is 64.5 cm³/mol. The van der Waals surface area contributed by atoms with Crippen LogP contribution in [0.25, 0.3) is 0 Å². The maximum Gasteiger partial charge on any atom is 0.303 e. The number of nitrogens with zero attached hydrogens (tertiary/aromatic N) is 2. The lowest BCUT2D eigenvalue weighted by Crippen LogP contribution is -2.46. The standard InChI is InChI=1S/C13H16N2O4/c16-12(17)7-8-5-9-1-2-10(6-8)15(9)13(18)11-3-4-14-19-11/h3-4,8-10H,1-2,5-7H2,(H,16,17). The van der Waals surface area contributed by atoms with Crippen LogP contribution in [0.3, 0.4) is 0 Å². The number of aromatic nitrogens is 1. The van der Waals surface area contributed by atoms with Crippen LogP contribution in [0.2, 0.25) is 0 Å². The van der Waals surface area contributed by atoms with Crippen molar-refractivity contribution >= 4 is 11.9 Å². The van der Waals surface area contributed by atoms with E-state index in [1.807, 2.05) is 4.90 Å². The summed E-state index contributed by atoms with van der Waals surface area (Å²) in [5.41, 5.74) is 0. The number of carbonyl (C=O) groups excluding carboxylic acids is 1. The summed E-state index contributed by atoms with van der Waals surface area (Å²) in [4.78, 5) is 25.0. The minimum atomic E-state index is -0.751. The summed E-state index contributed by atoms with van der Waals surface area (Å²) in [5.74, 6) is -0.402. The predicted octanol–water partition coefficient (Wildman–Crippen LogP) is 1.53. The number of carbonyl (C=O) groups is 2. The van der Waals surface area contributed by atoms with Crippen LogP contribution in [0.4, 0.5) is 0 Å². The molecule has 0 spiro atoms. The zero-order valence-corrected chi connectivity index (χ0v) is 10.5. The fourth-order valence-corrected chi connectivity index (χ4v) is 3.49. The van der Waals surface area contributed by atoms with Crippen molar-refractivity contribution in [2.24, 2.45) is 5.92 Å². The Hall–Kier alpha value is -1.85. The molecule has 2 unspecified atom stereocenters. The van der Waals surface area contributed by atoms with Crippen LogP contribution in [0.1, 0.15) is 42.7 Å². The average molecular weight is 264 g/mol. The van der Waals surface area contributed by atoms with E-state index in [1.165, 1.54) is 6.20 Å². The van der Waals surface area contributed by atoms with Gasteiger partial charge in [-0.05, 0) is 31.6 Å². The summed E-state index contributed by atoms with van der Waals surface area (Å²) in [6.07, 6.45) is 5.15. The number of amides is 1. The van der Waals surface area contributed by atoms with Crippen LogP contribution < -0.4 is 0 Å². The summed E-state index contributed by atoms with van der Waals surface area (Å²) >= 11 is 0. The fourth-order valence-electron chi connectivity index (χ4n) is 3.49. The molecule has 6 nitrogen and oxygen atoms in total. The lowest BCUT2D eigenvalue weighted by atomic mass is 9.88. The topological polar surface area (TPSA) is 83.6 Å². The molecule has 2 aliphatic heterocycles. The highest BCUT2D eigenvalue weighted by atomic mass is 16.5. The molecule has 1 N–H and O–H groups in total. The van der Waals surface area contributed by atoms with E-state index in [2.05, 4.69) is 5.16 Å². The van der Waals surface area contributed by atoms with Gasteiger partial charge in [-0.3, -0.25) is 9.59 Å². The van der Waals surface area contributed by atoms with Gasteiger partial charge in [0, 0.05) is 24.6 Å². The minimum Gasteiger partial charge on any atom is -0.481 e. The third-order valence-electron chi connectivity index (χ3n) is 4.18. The van der Waals surface area contributed by atoms with Gasteiger partial charge in [0.05, 0.1) is 6.20 Å². The summed E-state index contributed by atoms with van der Waals surface area (Å²) in [6.45, 7) is 0. The number of rotatable bonds is 3. The van der Waals surface area contributed by atoms with Crippen molar-refractivity contribution in [3.8, 4) is 0 Å². The smallest absolute Gasteiger partial charge is 0.303 e. The van der Waals surface area contributed by atoms with Crippen LogP contribution in [-0.4, -0.2) is 39.1 Å². The average Bonchev–Trinajstić information content (AvgIpc) is 2.95. The van der Waals surface area contributed by atoms with E-state index < -0.39 is 5.97 Å². The van der Waals surface area contributed by atoms with Crippen LogP contribution >= 0.6 is 0 Å². The Labute approximate surface area is 110 Å². The van der Waals surface area contributed by atoms with E-state index in [-0.39, 0.29) is 36.1 Å². The largest absolute Gasteiger partial charge is 0.481 e. The Bertz CT molecular complexity index is 471. The molecule has 1 aromatic rings. The second-order valence-corrected chi connectivity index (χ2v) is 5.41. The molecule has 0 aromatic carbocycles. The number of carboxylic acid groups (broad SMARTS) is 1. The van der Waals surface area contributed by atoms with Gasteiger partial charge in [0.25, 0.3) is 5.91 Å². The van der Waals surface area contributed by atoms with Crippen molar-refractivity contribution in [2.45, 2.75) is 44.2 Å². The molecule has 1 amide bonds. The Kier molecular flexibility index (Phi) is 3.00. The first-order valence-electron chi connectivity index (χ1n) is 6.60. The molecule has 6 heteroatoms. The first kappa shape index (κ1) is 12.2. The quantitative estimate of drug-likeness (QED) is 0.895. The molecule has 2 aliphatic rings. The SMILES string of the molecule is O=C(O)CC1CC2CCC(C1)N2C(=O)c1ccno1. The maximum atomic E-state index is 12.3. The molecule has 2 bridgehead atoms. The Balaban J connectivity index is 1.73. The first-order chi connectivity index (χ1) is 9.15. The maximum absolute atomic E-state index is 12.3. The van der Waals surface area contributed by atoms with Crippen molar-refractivity contribution in [1.29, 1.82) is 0 Å². The van der Waals surface area contributed by atoms with E-state index >= 15 is 0 Å². The zero-order valence-electron chi connectivity index (χ0n) is 10.5. The molecule has 2 atom stereocenters. The van der Waals surface area contributed by atoms with Crippen LogP contribution in [0.5, 0.6) is 0 Å². The van der Waals surface area contributed by atoms with Gasteiger partial charge in [-0.2, -0.15) is 0 Å². The molecule has 1 aromatic heterocycles. The summed E-state index contributed by atoms with van der Waals surface area (Å²) < 4.78 is 4.93. The van der Waals surface area contributed by atoms with Gasteiger partial charge >= 0.3 is 5.97 Å². The van der Waals surface area contributed by atoms with Gasteiger partial charge in [-0.1, -0.05) is 5.16 Å².